The second kappa shape index (κ2) is 7.87. The van der Waals surface area contributed by atoms with Gasteiger partial charge in [0.1, 0.15) is 0 Å². The first-order valence-electron chi connectivity index (χ1n) is 7.19. The smallest absolute Gasteiger partial charge is 0.0852 e. The molecule has 0 spiro atoms. The highest BCUT2D eigenvalue weighted by atomic mass is 32.2. The molecule has 1 atom stereocenters. The van der Waals surface area contributed by atoms with Crippen LogP contribution in [-0.2, 0) is 10.8 Å². The van der Waals surface area contributed by atoms with Gasteiger partial charge in [-0.05, 0) is 37.1 Å². The molecule has 0 radical (unpaired) electrons. The molecule has 0 unspecified atom stereocenters. The van der Waals surface area contributed by atoms with Gasteiger partial charge in [0, 0.05) is 9.80 Å². The van der Waals surface area contributed by atoms with Gasteiger partial charge >= 0.3 is 0 Å². The fourth-order valence-corrected chi connectivity index (χ4v) is 3.47. The van der Waals surface area contributed by atoms with E-state index in [0.717, 1.165) is 21.6 Å². The van der Waals surface area contributed by atoms with Crippen molar-refractivity contribution >= 4 is 16.4 Å². The Morgan fingerprint density at radius 1 is 1.09 bits per heavy atom. The van der Waals surface area contributed by atoms with Crippen molar-refractivity contribution in [1.29, 1.82) is 0 Å². The summed E-state index contributed by atoms with van der Waals surface area (Å²) in [4.78, 5) is 1.47. The molecule has 0 aliphatic heterocycles. The molecule has 0 bridgehead atoms. The number of hydrogen-bond donors (Lipinski definition) is 1. The van der Waals surface area contributed by atoms with Crippen molar-refractivity contribution in [3.05, 3.63) is 82.8 Å². The van der Waals surface area contributed by atoms with Crippen molar-refractivity contribution in [2.24, 2.45) is 0 Å². The minimum atomic E-state index is -1.28. The van der Waals surface area contributed by atoms with Gasteiger partial charge in [0.25, 0.3) is 0 Å². The standard InChI is InChI=1S/C19H20O2S/c1-3-19(22(21)17-11-9-15(2)10-12-17)18(13-14-20)16-7-5-4-6-8-16/h3-13,20H,14H2,1-2H3/b18-13-,19-3-/t22-/m0/s1. The summed E-state index contributed by atoms with van der Waals surface area (Å²) in [5, 5.41) is 9.33. The zero-order chi connectivity index (χ0) is 15.9. The van der Waals surface area contributed by atoms with Crippen molar-refractivity contribution in [3.8, 4) is 0 Å². The first kappa shape index (κ1) is 16.4. The highest BCUT2D eigenvalue weighted by Gasteiger charge is 2.15. The number of allylic oxidation sites excluding steroid dienone is 2. The van der Waals surface area contributed by atoms with Crippen LogP contribution in [0.25, 0.3) is 5.57 Å². The molecular formula is C19H20O2S. The zero-order valence-corrected chi connectivity index (χ0v) is 13.6. The fourth-order valence-electron chi connectivity index (χ4n) is 2.22. The Morgan fingerprint density at radius 2 is 1.73 bits per heavy atom. The molecule has 22 heavy (non-hydrogen) atoms. The molecule has 0 aromatic heterocycles. The van der Waals surface area contributed by atoms with Crippen LogP contribution in [0.1, 0.15) is 18.1 Å². The minimum absolute atomic E-state index is 0.0906. The van der Waals surface area contributed by atoms with Crippen LogP contribution in [0.5, 0.6) is 0 Å². The lowest BCUT2D eigenvalue weighted by molar-refractivity contribution is 0.343. The summed E-state index contributed by atoms with van der Waals surface area (Å²) in [6.07, 6.45) is 3.56. The Bertz CT molecular complexity index is 698. The van der Waals surface area contributed by atoms with Gasteiger partial charge < -0.3 is 5.11 Å². The molecular weight excluding hydrogens is 292 g/mol. The Morgan fingerprint density at radius 3 is 2.27 bits per heavy atom. The van der Waals surface area contributed by atoms with E-state index in [-0.39, 0.29) is 6.61 Å². The molecule has 1 N–H and O–H groups in total. The van der Waals surface area contributed by atoms with E-state index in [1.165, 1.54) is 0 Å². The number of rotatable bonds is 5. The third-order valence-electron chi connectivity index (χ3n) is 3.34. The van der Waals surface area contributed by atoms with E-state index in [0.29, 0.717) is 4.91 Å². The molecule has 2 nitrogen and oxygen atoms in total. The first-order valence-corrected chi connectivity index (χ1v) is 8.34. The molecule has 114 valence electrons. The Balaban J connectivity index is 2.43. The lowest BCUT2D eigenvalue weighted by atomic mass is 10.1. The highest BCUT2D eigenvalue weighted by molar-refractivity contribution is 7.89. The van der Waals surface area contributed by atoms with Crippen LogP contribution in [0.4, 0.5) is 0 Å². The summed E-state index contributed by atoms with van der Waals surface area (Å²) in [6.45, 7) is 3.78. The molecule has 0 saturated carbocycles. The largest absolute Gasteiger partial charge is 0.392 e. The van der Waals surface area contributed by atoms with E-state index in [4.69, 9.17) is 0 Å². The summed E-state index contributed by atoms with van der Waals surface area (Å²) in [5.74, 6) is 0. The molecule has 0 fully saturated rings. The van der Waals surface area contributed by atoms with Crippen LogP contribution >= 0.6 is 0 Å². The summed E-state index contributed by atoms with van der Waals surface area (Å²) >= 11 is 0. The maximum absolute atomic E-state index is 12.9. The van der Waals surface area contributed by atoms with Crippen LogP contribution in [0.2, 0.25) is 0 Å². The number of aliphatic hydroxyl groups is 1. The number of aliphatic hydroxyl groups excluding tert-OH is 1. The van der Waals surface area contributed by atoms with Gasteiger partial charge in [0.05, 0.1) is 17.4 Å². The topological polar surface area (TPSA) is 37.3 Å². The molecule has 3 heteroatoms. The van der Waals surface area contributed by atoms with E-state index >= 15 is 0 Å². The predicted molar refractivity (Wildman–Crippen MR) is 92.8 cm³/mol. The average Bonchev–Trinajstić information content (AvgIpc) is 2.56. The van der Waals surface area contributed by atoms with Crippen LogP contribution < -0.4 is 0 Å². The van der Waals surface area contributed by atoms with Crippen molar-refractivity contribution in [2.75, 3.05) is 6.61 Å². The second-order valence-electron chi connectivity index (χ2n) is 4.90. The van der Waals surface area contributed by atoms with Gasteiger partial charge in [0.2, 0.25) is 0 Å². The molecule has 0 aliphatic carbocycles. The monoisotopic (exact) mass is 312 g/mol. The normalized spacial score (nSPS) is 14.0. The van der Waals surface area contributed by atoms with Gasteiger partial charge in [-0.25, -0.2) is 4.21 Å². The molecule has 2 rings (SSSR count). The van der Waals surface area contributed by atoms with Crippen LogP contribution in [0, 0.1) is 6.92 Å². The second-order valence-corrected chi connectivity index (χ2v) is 6.35. The van der Waals surface area contributed by atoms with Crippen molar-refractivity contribution in [3.63, 3.8) is 0 Å². The zero-order valence-electron chi connectivity index (χ0n) is 12.8. The lowest BCUT2D eigenvalue weighted by Gasteiger charge is -2.12. The Hall–Kier alpha value is -1.97. The third kappa shape index (κ3) is 3.81. The molecule has 2 aromatic rings. The highest BCUT2D eigenvalue weighted by Crippen LogP contribution is 2.29. The third-order valence-corrected chi connectivity index (χ3v) is 4.90. The maximum atomic E-state index is 12.9. The van der Waals surface area contributed by atoms with E-state index in [9.17, 15) is 9.32 Å². The summed E-state index contributed by atoms with van der Waals surface area (Å²) in [5.41, 5.74) is 2.89. The summed E-state index contributed by atoms with van der Waals surface area (Å²) in [7, 11) is -1.28. The van der Waals surface area contributed by atoms with E-state index in [1.54, 1.807) is 6.08 Å². The average molecular weight is 312 g/mol. The number of aryl methyl sites for hydroxylation is 1. The first-order chi connectivity index (χ1) is 10.7. The molecule has 0 aliphatic rings. The van der Waals surface area contributed by atoms with Gasteiger partial charge in [-0.15, -0.1) is 0 Å². The molecule has 0 saturated heterocycles. The van der Waals surface area contributed by atoms with Crippen molar-refractivity contribution in [2.45, 2.75) is 18.7 Å². The SMILES string of the molecule is C/C=C(/C(=C\CO)c1ccccc1)[S@@](=O)c1ccc(C)cc1. The van der Waals surface area contributed by atoms with Crippen LogP contribution in [0.3, 0.4) is 0 Å². The van der Waals surface area contributed by atoms with Crippen molar-refractivity contribution in [1.82, 2.24) is 0 Å². The Kier molecular flexibility index (Phi) is 5.87. The molecule has 2 aromatic carbocycles. The fraction of sp³-hybridized carbons (Fsp3) is 0.158. The van der Waals surface area contributed by atoms with E-state index < -0.39 is 10.8 Å². The van der Waals surface area contributed by atoms with Gasteiger partial charge in [-0.2, -0.15) is 0 Å². The van der Waals surface area contributed by atoms with Gasteiger partial charge in [-0.1, -0.05) is 60.2 Å². The summed E-state index contributed by atoms with van der Waals surface area (Å²) < 4.78 is 12.9. The van der Waals surface area contributed by atoms with E-state index in [1.807, 2.05) is 74.5 Å². The van der Waals surface area contributed by atoms with Gasteiger partial charge in [-0.3, -0.25) is 0 Å². The molecule has 0 amide bonds. The number of hydrogen-bond acceptors (Lipinski definition) is 2. The van der Waals surface area contributed by atoms with Crippen molar-refractivity contribution < 1.29 is 9.32 Å². The Labute approximate surface area is 134 Å². The van der Waals surface area contributed by atoms with Gasteiger partial charge in [0.15, 0.2) is 0 Å². The summed E-state index contributed by atoms with van der Waals surface area (Å²) in [6, 6.07) is 17.4. The maximum Gasteiger partial charge on any atom is 0.0852 e. The lowest BCUT2D eigenvalue weighted by Crippen LogP contribution is -2.00. The predicted octanol–water partition coefficient (Wildman–Crippen LogP) is 4.08. The quantitative estimate of drug-likeness (QED) is 0.845. The minimum Gasteiger partial charge on any atom is -0.392 e. The van der Waals surface area contributed by atoms with Crippen LogP contribution in [0.15, 0.2) is 76.5 Å². The number of benzene rings is 2. The van der Waals surface area contributed by atoms with Crippen LogP contribution in [-0.4, -0.2) is 15.9 Å². The molecule has 0 heterocycles. The van der Waals surface area contributed by atoms with E-state index in [2.05, 4.69) is 0 Å².